The molecule has 16 N–H and O–H groups in total. The predicted octanol–water partition coefficient (Wildman–Crippen LogP) is -4.41. The van der Waals surface area contributed by atoms with E-state index in [0.717, 1.165) is 0 Å². The lowest BCUT2D eigenvalue weighted by Gasteiger charge is -2.24. The van der Waals surface area contributed by atoms with Gasteiger partial charge in [-0.3, -0.25) is 29.2 Å². The van der Waals surface area contributed by atoms with E-state index in [1.54, 1.807) is 6.26 Å². The van der Waals surface area contributed by atoms with Crippen molar-refractivity contribution in [3.8, 4) is 0 Å². The normalized spacial score (nSPS) is 13.6. The molecule has 0 aliphatic heterocycles. The Hall–Kier alpha value is -3.80. The zero-order valence-corrected chi connectivity index (χ0v) is 22.7. The van der Waals surface area contributed by atoms with Gasteiger partial charge in [0.2, 0.25) is 23.6 Å². The van der Waals surface area contributed by atoms with Gasteiger partial charge in [0, 0.05) is 13.1 Å². The maximum atomic E-state index is 13.0. The van der Waals surface area contributed by atoms with Crippen molar-refractivity contribution in [2.24, 2.45) is 44.4 Å². The van der Waals surface area contributed by atoms with Gasteiger partial charge in [-0.2, -0.15) is 11.8 Å². The number of aliphatic imine (C=N–C) groups is 2. The van der Waals surface area contributed by atoms with Gasteiger partial charge >= 0.3 is 5.97 Å². The Kier molecular flexibility index (Phi) is 17.4. The molecule has 0 heterocycles. The number of rotatable bonds is 20. The molecule has 222 valence electrons. The number of nitrogens with zero attached hydrogens (tertiary/aromatic N) is 2. The Bertz CT molecular complexity index is 894. The Morgan fingerprint density at radius 2 is 1.23 bits per heavy atom. The molecule has 4 unspecified atom stereocenters. The SMILES string of the molecule is CSCCC(NC(=O)C(CCCN=C(N)N)NC(=O)C(CC(N)=O)NC(=O)C(N)CCCN=C(N)N)C(=O)O. The molecule has 0 aromatic rings. The molecule has 0 aliphatic rings. The predicted molar refractivity (Wildman–Crippen MR) is 148 cm³/mol. The van der Waals surface area contributed by atoms with Gasteiger partial charge < -0.3 is 55.5 Å². The number of primary amides is 1. The highest BCUT2D eigenvalue weighted by atomic mass is 32.2. The lowest BCUT2D eigenvalue weighted by molar-refractivity contribution is -0.142. The number of nitrogens with one attached hydrogen (secondary N) is 3. The van der Waals surface area contributed by atoms with Crippen LogP contribution in [0.1, 0.15) is 38.5 Å². The molecule has 0 fully saturated rings. The summed E-state index contributed by atoms with van der Waals surface area (Å²) in [4.78, 5) is 69.3. The summed E-state index contributed by atoms with van der Waals surface area (Å²) in [5, 5.41) is 16.7. The summed E-state index contributed by atoms with van der Waals surface area (Å²) in [6.45, 7) is 0.367. The molecule has 4 atom stereocenters. The molecule has 0 aliphatic carbocycles. The average Bonchev–Trinajstić information content (AvgIpc) is 2.84. The van der Waals surface area contributed by atoms with Crippen molar-refractivity contribution in [2.75, 3.05) is 25.1 Å². The number of carbonyl (C=O) groups excluding carboxylic acids is 4. The van der Waals surface area contributed by atoms with Gasteiger partial charge in [-0.25, -0.2) is 4.79 Å². The summed E-state index contributed by atoms with van der Waals surface area (Å²) in [7, 11) is 0. The van der Waals surface area contributed by atoms with Gasteiger partial charge in [0.1, 0.15) is 18.1 Å². The summed E-state index contributed by atoms with van der Waals surface area (Å²) in [5.41, 5.74) is 32.2. The number of aliphatic carboxylic acids is 1. The molecule has 0 radical (unpaired) electrons. The number of carbonyl (C=O) groups is 5. The lowest BCUT2D eigenvalue weighted by Crippen LogP contribution is -2.57. The third-order valence-corrected chi connectivity index (χ3v) is 5.79. The number of amides is 4. The van der Waals surface area contributed by atoms with Crippen LogP contribution in [0.15, 0.2) is 9.98 Å². The zero-order valence-electron chi connectivity index (χ0n) is 21.9. The second-order valence-corrected chi connectivity index (χ2v) is 9.46. The van der Waals surface area contributed by atoms with E-state index < -0.39 is 60.2 Å². The van der Waals surface area contributed by atoms with E-state index in [1.165, 1.54) is 11.8 Å². The second-order valence-electron chi connectivity index (χ2n) is 8.48. The average molecular weight is 576 g/mol. The summed E-state index contributed by atoms with van der Waals surface area (Å²) in [5.74, 6) is -4.35. The molecule has 0 bridgehead atoms. The molecule has 0 rings (SSSR count). The maximum Gasteiger partial charge on any atom is 0.326 e. The topological polar surface area (TPSA) is 323 Å². The fourth-order valence-electron chi connectivity index (χ4n) is 3.15. The molecular formula is C21H41N11O6S. The van der Waals surface area contributed by atoms with Crippen LogP contribution in [0.3, 0.4) is 0 Å². The van der Waals surface area contributed by atoms with Crippen molar-refractivity contribution in [3.05, 3.63) is 0 Å². The molecular weight excluding hydrogens is 534 g/mol. The third-order valence-electron chi connectivity index (χ3n) is 5.15. The number of carboxylic acids is 1. The van der Waals surface area contributed by atoms with Gasteiger partial charge in [-0.15, -0.1) is 0 Å². The zero-order chi connectivity index (χ0) is 30.0. The van der Waals surface area contributed by atoms with E-state index >= 15 is 0 Å². The number of thioether (sulfide) groups is 1. The van der Waals surface area contributed by atoms with Crippen LogP contribution in [0, 0.1) is 0 Å². The van der Waals surface area contributed by atoms with Crippen molar-refractivity contribution < 1.29 is 29.1 Å². The molecule has 18 heteroatoms. The third kappa shape index (κ3) is 16.6. The number of hydrogen-bond acceptors (Lipinski definition) is 9. The monoisotopic (exact) mass is 575 g/mol. The Labute approximate surface area is 230 Å². The van der Waals surface area contributed by atoms with Crippen molar-refractivity contribution in [1.29, 1.82) is 0 Å². The minimum absolute atomic E-state index is 0.0186. The lowest BCUT2D eigenvalue weighted by atomic mass is 10.1. The standard InChI is InChI=1S/C21H41N11O6S/c1-39-9-6-13(19(37)38)31-17(35)12(5-3-8-29-21(26)27)30-18(36)14(10-15(23)33)32-16(34)11(22)4-2-7-28-20(24)25/h11-14H,2-10,22H2,1H3,(H2,23,33)(H,30,36)(H,31,35)(H,32,34)(H,37,38)(H4,24,25,28)(H4,26,27,29). The molecule has 0 spiro atoms. The van der Waals surface area contributed by atoms with Gasteiger partial charge in [0.25, 0.3) is 0 Å². The highest BCUT2D eigenvalue weighted by Crippen LogP contribution is 2.06. The van der Waals surface area contributed by atoms with Gasteiger partial charge in [-0.05, 0) is 44.1 Å². The Balaban J connectivity index is 5.55. The van der Waals surface area contributed by atoms with E-state index in [0.29, 0.717) is 12.2 Å². The smallest absolute Gasteiger partial charge is 0.326 e. The first-order valence-corrected chi connectivity index (χ1v) is 13.4. The fraction of sp³-hybridized carbons (Fsp3) is 0.667. The summed E-state index contributed by atoms with van der Waals surface area (Å²) in [6, 6.07) is -4.92. The minimum Gasteiger partial charge on any atom is -0.480 e. The molecule has 0 saturated heterocycles. The van der Waals surface area contributed by atoms with E-state index in [1.807, 2.05) is 0 Å². The van der Waals surface area contributed by atoms with Crippen LogP contribution in [0.25, 0.3) is 0 Å². The second kappa shape index (κ2) is 19.3. The van der Waals surface area contributed by atoms with E-state index in [9.17, 15) is 29.1 Å². The number of nitrogens with two attached hydrogens (primary N) is 6. The highest BCUT2D eigenvalue weighted by Gasteiger charge is 2.30. The van der Waals surface area contributed by atoms with Crippen LogP contribution in [0.4, 0.5) is 0 Å². The van der Waals surface area contributed by atoms with Gasteiger partial charge in [0.05, 0.1) is 12.5 Å². The number of hydrogen-bond donors (Lipinski definition) is 10. The van der Waals surface area contributed by atoms with Crippen LogP contribution < -0.4 is 50.4 Å². The van der Waals surface area contributed by atoms with Gasteiger partial charge in [0.15, 0.2) is 11.9 Å². The summed E-state index contributed by atoms with van der Waals surface area (Å²) in [6.07, 6.45) is 2.17. The number of guanidine groups is 2. The van der Waals surface area contributed by atoms with Crippen molar-refractivity contribution >= 4 is 53.3 Å². The quantitative estimate of drug-likeness (QED) is 0.0373. The van der Waals surface area contributed by atoms with Crippen molar-refractivity contribution in [3.63, 3.8) is 0 Å². The van der Waals surface area contributed by atoms with Crippen LogP contribution in [0.5, 0.6) is 0 Å². The van der Waals surface area contributed by atoms with E-state index in [-0.39, 0.29) is 50.7 Å². The van der Waals surface area contributed by atoms with Gasteiger partial charge in [-0.1, -0.05) is 0 Å². The first-order chi connectivity index (χ1) is 18.3. The molecule has 4 amide bonds. The minimum atomic E-state index is -1.45. The first kappa shape index (κ1) is 35.2. The summed E-state index contributed by atoms with van der Waals surface area (Å²) < 4.78 is 0. The number of carboxylic acid groups (broad SMARTS) is 1. The van der Waals surface area contributed by atoms with E-state index in [2.05, 4.69) is 25.9 Å². The van der Waals surface area contributed by atoms with Crippen LogP contribution >= 0.6 is 11.8 Å². The van der Waals surface area contributed by atoms with Crippen LogP contribution in [-0.4, -0.2) is 95.9 Å². The molecule has 39 heavy (non-hydrogen) atoms. The largest absolute Gasteiger partial charge is 0.480 e. The highest BCUT2D eigenvalue weighted by molar-refractivity contribution is 7.98. The molecule has 17 nitrogen and oxygen atoms in total. The van der Waals surface area contributed by atoms with Crippen LogP contribution in [-0.2, 0) is 24.0 Å². The van der Waals surface area contributed by atoms with E-state index in [4.69, 9.17) is 34.4 Å². The molecule has 0 aromatic heterocycles. The first-order valence-electron chi connectivity index (χ1n) is 12.1. The fourth-order valence-corrected chi connectivity index (χ4v) is 3.62. The Morgan fingerprint density at radius 1 is 0.744 bits per heavy atom. The molecule has 0 saturated carbocycles. The Morgan fingerprint density at radius 3 is 1.72 bits per heavy atom. The molecule has 0 aromatic carbocycles. The van der Waals surface area contributed by atoms with Crippen molar-refractivity contribution in [2.45, 2.75) is 62.7 Å². The van der Waals surface area contributed by atoms with Crippen molar-refractivity contribution in [1.82, 2.24) is 16.0 Å². The van der Waals surface area contributed by atoms with Crippen LogP contribution in [0.2, 0.25) is 0 Å². The maximum absolute atomic E-state index is 13.0. The summed E-state index contributed by atoms with van der Waals surface area (Å²) >= 11 is 1.40.